The number of hydrogen-bond acceptors (Lipinski definition) is 10. The number of fused-ring (bicyclic) bond motifs is 5. The van der Waals surface area contributed by atoms with Crippen LogP contribution in [0.5, 0.6) is 0 Å². The maximum atomic E-state index is 12.1. The Morgan fingerprint density at radius 2 is 1.59 bits per heavy atom. The third kappa shape index (κ3) is 5.33. The molecule has 0 spiro atoms. The third-order valence-electron chi connectivity index (χ3n) is 14.0. The molecule has 0 radical (unpaired) electrons. The predicted octanol–water partition coefficient (Wildman–Crippen LogP) is 1.63. The normalized spacial score (nSPS) is 52.8. The molecule has 1 aliphatic heterocycles. The van der Waals surface area contributed by atoms with E-state index in [-0.39, 0.29) is 39.9 Å². The zero-order chi connectivity index (χ0) is 32.6. The average Bonchev–Trinajstić information content (AvgIpc) is 3.35. The number of rotatable bonds is 8. The van der Waals surface area contributed by atoms with E-state index in [1.165, 1.54) is 0 Å². The van der Waals surface area contributed by atoms with E-state index in [0.29, 0.717) is 37.7 Å². The van der Waals surface area contributed by atoms with Crippen LogP contribution >= 0.6 is 0 Å². The maximum Gasteiger partial charge on any atom is 0.187 e. The first kappa shape index (κ1) is 34.7. The lowest BCUT2D eigenvalue weighted by Gasteiger charge is -2.68. The standard InChI is InChI=1S/C34H58O10/c1-17(2)20(36)9-12-34(6,44-30-29(42)28(41)27(40)24(16-35)43-30)19-8-11-33(5)26(19)22(38)14-25-31(3)15-23(39)21(37)13-18(31)7-10-32(25,33)4/h18-30,35-42H,1,7-16H2,2-6H3/t18?,19-,20-,21+,22+,23+,24-,25?,26?,27-,28+,29-,30+,31-,32+,33+,34-/m0/s1. The molecule has 8 N–H and O–H groups in total. The lowest BCUT2D eigenvalue weighted by Crippen LogP contribution is -2.66. The molecule has 0 bridgehead atoms. The van der Waals surface area contributed by atoms with E-state index in [0.717, 1.165) is 25.7 Å². The SMILES string of the molecule is C=C(C)[C@@H](O)CC[C@](C)(O[C@H]1O[C@@H](CO)[C@H](O)[C@@H](O)[C@@H]1O)[C@H]1CC[C@]2(C)C1[C@H](O)CC1[C@@]3(C)C[C@@H](O)[C@H](O)CC3CC[C@]12C. The van der Waals surface area contributed by atoms with Crippen LogP contribution in [-0.4, -0.2) is 108 Å². The Hall–Kier alpha value is -0.660. The molecule has 10 heteroatoms. The van der Waals surface area contributed by atoms with Gasteiger partial charge in [0.15, 0.2) is 6.29 Å². The summed E-state index contributed by atoms with van der Waals surface area (Å²) in [6, 6.07) is 0. The van der Waals surface area contributed by atoms with Gasteiger partial charge in [-0.1, -0.05) is 32.9 Å². The van der Waals surface area contributed by atoms with Crippen LogP contribution in [0.2, 0.25) is 0 Å². The second-order valence-electron chi connectivity index (χ2n) is 16.2. The first-order chi connectivity index (χ1) is 20.4. The number of hydrogen-bond donors (Lipinski definition) is 8. The molecule has 0 aromatic rings. The van der Waals surface area contributed by atoms with Crippen molar-refractivity contribution in [1.29, 1.82) is 0 Å². The van der Waals surface area contributed by atoms with E-state index in [1.807, 2.05) is 6.92 Å². The van der Waals surface area contributed by atoms with Crippen molar-refractivity contribution in [3.8, 4) is 0 Å². The Labute approximate surface area is 262 Å². The molecule has 10 nitrogen and oxygen atoms in total. The van der Waals surface area contributed by atoms with Gasteiger partial charge in [0.25, 0.3) is 0 Å². The van der Waals surface area contributed by atoms with Gasteiger partial charge in [0.05, 0.1) is 36.6 Å². The second kappa shape index (κ2) is 12.1. The monoisotopic (exact) mass is 626 g/mol. The first-order valence-electron chi connectivity index (χ1n) is 16.8. The fraction of sp³-hybridized carbons (Fsp3) is 0.941. The van der Waals surface area contributed by atoms with E-state index < -0.39 is 67.3 Å². The molecule has 0 aromatic heterocycles. The van der Waals surface area contributed by atoms with Crippen molar-refractivity contribution in [3.63, 3.8) is 0 Å². The molecule has 44 heavy (non-hydrogen) atoms. The van der Waals surface area contributed by atoms with Gasteiger partial charge in [-0.25, -0.2) is 0 Å². The maximum absolute atomic E-state index is 12.1. The highest BCUT2D eigenvalue weighted by atomic mass is 16.7. The Balaban J connectivity index is 1.48. The highest BCUT2D eigenvalue weighted by Gasteiger charge is 2.70. The molecule has 5 aliphatic rings. The van der Waals surface area contributed by atoms with Crippen molar-refractivity contribution in [2.24, 2.45) is 39.9 Å². The minimum absolute atomic E-state index is 0.139. The number of aliphatic hydroxyl groups excluding tert-OH is 8. The summed E-state index contributed by atoms with van der Waals surface area (Å²) in [7, 11) is 0. The molecule has 4 saturated carbocycles. The molecular weight excluding hydrogens is 568 g/mol. The Morgan fingerprint density at radius 3 is 2.23 bits per heavy atom. The van der Waals surface area contributed by atoms with E-state index in [9.17, 15) is 40.9 Å². The van der Waals surface area contributed by atoms with Crippen LogP contribution in [0, 0.1) is 39.9 Å². The lowest BCUT2D eigenvalue weighted by molar-refractivity contribution is -0.336. The summed E-state index contributed by atoms with van der Waals surface area (Å²) in [5.74, 6) is 0.0924. The lowest BCUT2D eigenvalue weighted by atomic mass is 9.37. The van der Waals surface area contributed by atoms with Crippen molar-refractivity contribution in [3.05, 3.63) is 12.2 Å². The van der Waals surface area contributed by atoms with Crippen LogP contribution in [0.15, 0.2) is 12.2 Å². The molecular formula is C34H58O10. The van der Waals surface area contributed by atoms with Gasteiger partial charge in [-0.3, -0.25) is 0 Å². The summed E-state index contributed by atoms with van der Waals surface area (Å²) in [5.41, 5.74) is -1.01. The summed E-state index contributed by atoms with van der Waals surface area (Å²) >= 11 is 0. The Bertz CT molecular complexity index is 1060. The van der Waals surface area contributed by atoms with Gasteiger partial charge in [0, 0.05) is 0 Å². The quantitative estimate of drug-likeness (QED) is 0.185. The van der Waals surface area contributed by atoms with Gasteiger partial charge >= 0.3 is 0 Å². The molecule has 4 aliphatic carbocycles. The third-order valence-corrected chi connectivity index (χ3v) is 14.0. The molecule has 17 atom stereocenters. The minimum Gasteiger partial charge on any atom is -0.394 e. The van der Waals surface area contributed by atoms with Crippen molar-refractivity contribution >= 4 is 0 Å². The van der Waals surface area contributed by atoms with Crippen LogP contribution in [0.1, 0.15) is 92.4 Å². The van der Waals surface area contributed by atoms with Gasteiger partial charge < -0.3 is 50.3 Å². The predicted molar refractivity (Wildman–Crippen MR) is 162 cm³/mol. The highest BCUT2D eigenvalue weighted by molar-refractivity contribution is 5.19. The molecule has 1 saturated heterocycles. The van der Waals surface area contributed by atoms with Gasteiger partial charge in [-0.15, -0.1) is 0 Å². The first-order valence-corrected chi connectivity index (χ1v) is 16.8. The minimum atomic E-state index is -1.58. The van der Waals surface area contributed by atoms with Crippen molar-refractivity contribution < 1.29 is 50.3 Å². The van der Waals surface area contributed by atoms with Gasteiger partial charge in [0.1, 0.15) is 24.4 Å². The molecule has 5 fully saturated rings. The van der Waals surface area contributed by atoms with Crippen molar-refractivity contribution in [2.75, 3.05) is 6.61 Å². The van der Waals surface area contributed by atoms with Gasteiger partial charge in [0.2, 0.25) is 0 Å². The summed E-state index contributed by atoms with van der Waals surface area (Å²) in [6.07, 6.45) is -4.13. The summed E-state index contributed by atoms with van der Waals surface area (Å²) < 4.78 is 12.4. The largest absolute Gasteiger partial charge is 0.394 e. The Kier molecular flexibility index (Phi) is 9.53. The molecule has 0 amide bonds. The van der Waals surface area contributed by atoms with Crippen molar-refractivity contribution in [1.82, 2.24) is 0 Å². The zero-order valence-corrected chi connectivity index (χ0v) is 27.2. The molecule has 254 valence electrons. The summed E-state index contributed by atoms with van der Waals surface area (Å²) in [4.78, 5) is 0. The van der Waals surface area contributed by atoms with E-state index >= 15 is 0 Å². The van der Waals surface area contributed by atoms with Crippen LogP contribution < -0.4 is 0 Å². The van der Waals surface area contributed by atoms with Crippen LogP contribution in [0.3, 0.4) is 0 Å². The topological polar surface area (TPSA) is 180 Å². The van der Waals surface area contributed by atoms with Crippen LogP contribution in [-0.2, 0) is 9.47 Å². The van der Waals surface area contributed by atoms with Crippen molar-refractivity contribution in [2.45, 2.75) is 153 Å². The second-order valence-corrected chi connectivity index (χ2v) is 16.2. The molecule has 3 unspecified atom stereocenters. The molecule has 1 heterocycles. The van der Waals surface area contributed by atoms with E-state index in [2.05, 4.69) is 27.4 Å². The van der Waals surface area contributed by atoms with E-state index in [4.69, 9.17) is 9.47 Å². The Morgan fingerprint density at radius 1 is 0.932 bits per heavy atom. The fourth-order valence-electron chi connectivity index (χ4n) is 11.0. The van der Waals surface area contributed by atoms with Crippen LogP contribution in [0.25, 0.3) is 0 Å². The van der Waals surface area contributed by atoms with Gasteiger partial charge in [-0.2, -0.15) is 0 Å². The number of aliphatic hydroxyl groups is 8. The average molecular weight is 627 g/mol. The summed E-state index contributed by atoms with van der Waals surface area (Å²) in [6.45, 7) is 13.9. The smallest absolute Gasteiger partial charge is 0.187 e. The molecule has 0 aromatic carbocycles. The van der Waals surface area contributed by atoms with Gasteiger partial charge in [-0.05, 0) is 112 Å². The summed E-state index contributed by atoms with van der Waals surface area (Å²) in [5, 5.41) is 85.7. The molecule has 5 rings (SSSR count). The number of ether oxygens (including phenoxy) is 2. The zero-order valence-electron chi connectivity index (χ0n) is 27.2. The van der Waals surface area contributed by atoms with Crippen LogP contribution in [0.4, 0.5) is 0 Å². The fourth-order valence-corrected chi connectivity index (χ4v) is 11.0. The highest BCUT2D eigenvalue weighted by Crippen LogP contribution is 2.74. The van der Waals surface area contributed by atoms with E-state index in [1.54, 1.807) is 6.92 Å².